The molecule has 0 spiro atoms. The lowest BCUT2D eigenvalue weighted by Gasteiger charge is -2.35. The van der Waals surface area contributed by atoms with Crippen molar-refractivity contribution in [1.82, 2.24) is 4.90 Å². The van der Waals surface area contributed by atoms with Gasteiger partial charge in [-0.1, -0.05) is 30.3 Å². The average Bonchev–Trinajstić information content (AvgIpc) is 2.73. The number of piperazine rings is 1. The van der Waals surface area contributed by atoms with E-state index < -0.39 is 4.92 Å². The monoisotopic (exact) mass is 383 g/mol. The van der Waals surface area contributed by atoms with E-state index in [4.69, 9.17) is 4.74 Å². The smallest absolute Gasteiger partial charge is 0.409 e. The topological polar surface area (TPSA) is 93.0 Å². The summed E-state index contributed by atoms with van der Waals surface area (Å²) < 4.78 is 4.99. The molecule has 1 amide bonds. The molecule has 1 aliphatic heterocycles. The molecule has 0 radical (unpaired) electrons. The van der Waals surface area contributed by atoms with Crippen LogP contribution in [0.1, 0.15) is 22.8 Å². The lowest BCUT2D eigenvalue weighted by Crippen LogP contribution is -2.49. The van der Waals surface area contributed by atoms with Crippen LogP contribution in [0.25, 0.3) is 0 Å². The Balaban J connectivity index is 1.80. The average molecular weight is 383 g/mol. The van der Waals surface area contributed by atoms with Crippen molar-refractivity contribution in [1.29, 1.82) is 0 Å². The first kappa shape index (κ1) is 19.3. The van der Waals surface area contributed by atoms with Crippen LogP contribution in [-0.2, 0) is 4.74 Å². The Kier molecular flexibility index (Phi) is 5.88. The molecule has 1 saturated heterocycles. The lowest BCUT2D eigenvalue weighted by atomic mass is 10.0. The minimum Gasteiger partial charge on any atom is -0.450 e. The Morgan fingerprint density at radius 1 is 1.04 bits per heavy atom. The van der Waals surface area contributed by atoms with E-state index in [1.54, 1.807) is 54.3 Å². The standard InChI is InChI=1S/C20H21N3O5/c1-2-28-20(25)22-12-10-21(11-13-22)17-9-8-16(14-18(17)23(26)27)19(24)15-6-4-3-5-7-15/h3-9,14H,2,10-13H2,1H3. The number of benzene rings is 2. The van der Waals surface area contributed by atoms with E-state index >= 15 is 0 Å². The highest BCUT2D eigenvalue weighted by Gasteiger charge is 2.27. The summed E-state index contributed by atoms with van der Waals surface area (Å²) in [5.74, 6) is -0.262. The minimum atomic E-state index is -0.477. The third-order valence-electron chi connectivity index (χ3n) is 4.62. The Labute approximate surface area is 162 Å². The molecule has 1 heterocycles. The van der Waals surface area contributed by atoms with Crippen LogP contribution in [0.15, 0.2) is 48.5 Å². The maximum Gasteiger partial charge on any atom is 0.409 e. The van der Waals surface area contributed by atoms with E-state index in [0.717, 1.165) is 0 Å². The van der Waals surface area contributed by atoms with Crippen LogP contribution in [0.2, 0.25) is 0 Å². The van der Waals surface area contributed by atoms with Crippen LogP contribution in [0.3, 0.4) is 0 Å². The summed E-state index contributed by atoms with van der Waals surface area (Å²) in [6, 6.07) is 13.2. The summed E-state index contributed by atoms with van der Waals surface area (Å²) >= 11 is 0. The molecule has 0 atom stereocenters. The third-order valence-corrected chi connectivity index (χ3v) is 4.62. The Morgan fingerprint density at radius 3 is 2.32 bits per heavy atom. The third kappa shape index (κ3) is 4.11. The molecule has 0 aliphatic carbocycles. The highest BCUT2D eigenvalue weighted by atomic mass is 16.6. The number of amides is 1. The van der Waals surface area contributed by atoms with E-state index in [9.17, 15) is 19.7 Å². The van der Waals surface area contributed by atoms with Gasteiger partial charge in [0.25, 0.3) is 5.69 Å². The van der Waals surface area contributed by atoms with Gasteiger partial charge in [-0.05, 0) is 19.1 Å². The number of nitrogens with zero attached hydrogens (tertiary/aromatic N) is 3. The maximum absolute atomic E-state index is 12.6. The van der Waals surface area contributed by atoms with Gasteiger partial charge < -0.3 is 14.5 Å². The molecule has 0 unspecified atom stereocenters. The van der Waals surface area contributed by atoms with Crippen LogP contribution >= 0.6 is 0 Å². The second-order valence-electron chi connectivity index (χ2n) is 6.33. The van der Waals surface area contributed by atoms with Gasteiger partial charge in [0.1, 0.15) is 5.69 Å². The van der Waals surface area contributed by atoms with Gasteiger partial charge in [-0.25, -0.2) is 4.79 Å². The molecule has 8 nitrogen and oxygen atoms in total. The molecule has 0 aromatic heterocycles. The number of nitro benzene ring substituents is 1. The number of rotatable bonds is 5. The van der Waals surface area contributed by atoms with Gasteiger partial charge in [-0.3, -0.25) is 14.9 Å². The predicted molar refractivity (Wildman–Crippen MR) is 104 cm³/mol. The lowest BCUT2D eigenvalue weighted by molar-refractivity contribution is -0.384. The molecule has 2 aromatic rings. The first-order valence-electron chi connectivity index (χ1n) is 9.06. The number of hydrogen-bond donors (Lipinski definition) is 0. The van der Waals surface area contributed by atoms with E-state index in [-0.39, 0.29) is 23.1 Å². The molecule has 0 saturated carbocycles. The number of anilines is 1. The molecule has 3 rings (SSSR count). The first-order chi connectivity index (χ1) is 13.5. The highest BCUT2D eigenvalue weighted by Crippen LogP contribution is 2.31. The number of ketones is 1. The first-order valence-corrected chi connectivity index (χ1v) is 9.06. The van der Waals surface area contributed by atoms with Crippen molar-refractivity contribution in [2.45, 2.75) is 6.92 Å². The van der Waals surface area contributed by atoms with Crippen LogP contribution < -0.4 is 4.90 Å². The van der Waals surface area contributed by atoms with Crippen LogP contribution in [-0.4, -0.2) is 54.5 Å². The molecule has 2 aromatic carbocycles. The van der Waals surface area contributed by atoms with Crippen molar-refractivity contribution >= 4 is 23.3 Å². The number of nitro groups is 1. The van der Waals surface area contributed by atoms with Gasteiger partial charge >= 0.3 is 6.09 Å². The highest BCUT2D eigenvalue weighted by molar-refractivity contribution is 6.09. The number of ether oxygens (including phenoxy) is 1. The van der Waals surface area contributed by atoms with E-state index in [0.29, 0.717) is 44.0 Å². The van der Waals surface area contributed by atoms with Gasteiger partial charge in [0.05, 0.1) is 11.5 Å². The summed E-state index contributed by atoms with van der Waals surface area (Å²) in [6.07, 6.45) is -0.375. The van der Waals surface area contributed by atoms with E-state index in [1.807, 2.05) is 4.90 Å². The Hall–Kier alpha value is -3.42. The molecule has 8 heteroatoms. The van der Waals surface area contributed by atoms with Gasteiger partial charge in [-0.15, -0.1) is 0 Å². The van der Waals surface area contributed by atoms with Crippen molar-refractivity contribution in [2.75, 3.05) is 37.7 Å². The normalized spacial score (nSPS) is 13.9. The zero-order valence-electron chi connectivity index (χ0n) is 15.5. The molecule has 0 bridgehead atoms. The molecule has 1 fully saturated rings. The van der Waals surface area contributed by atoms with Crippen molar-refractivity contribution < 1.29 is 19.2 Å². The number of carbonyl (C=O) groups is 2. The summed E-state index contributed by atoms with van der Waals surface area (Å²) in [4.78, 5) is 39.0. The predicted octanol–water partition coefficient (Wildman–Crippen LogP) is 3.10. The fourth-order valence-corrected chi connectivity index (χ4v) is 3.18. The fourth-order valence-electron chi connectivity index (χ4n) is 3.18. The van der Waals surface area contributed by atoms with Gasteiger partial charge in [0, 0.05) is 43.4 Å². The fraction of sp³-hybridized carbons (Fsp3) is 0.300. The Bertz CT molecular complexity index is 877. The zero-order valence-corrected chi connectivity index (χ0v) is 15.5. The number of carbonyl (C=O) groups excluding carboxylic acids is 2. The Morgan fingerprint density at radius 2 is 1.71 bits per heavy atom. The van der Waals surface area contributed by atoms with Crippen molar-refractivity contribution in [3.63, 3.8) is 0 Å². The van der Waals surface area contributed by atoms with Gasteiger partial charge in [0.2, 0.25) is 0 Å². The minimum absolute atomic E-state index is 0.119. The molecule has 1 aliphatic rings. The second kappa shape index (κ2) is 8.51. The van der Waals surface area contributed by atoms with Crippen molar-refractivity contribution in [2.24, 2.45) is 0 Å². The van der Waals surface area contributed by atoms with Crippen molar-refractivity contribution in [3.8, 4) is 0 Å². The van der Waals surface area contributed by atoms with E-state index in [2.05, 4.69) is 0 Å². The molecule has 0 N–H and O–H groups in total. The van der Waals surface area contributed by atoms with Gasteiger partial charge in [-0.2, -0.15) is 0 Å². The number of hydrogen-bond acceptors (Lipinski definition) is 6. The summed E-state index contributed by atoms with van der Waals surface area (Å²) in [5, 5.41) is 11.6. The summed E-state index contributed by atoms with van der Waals surface area (Å²) in [7, 11) is 0. The van der Waals surface area contributed by atoms with Crippen LogP contribution in [0.5, 0.6) is 0 Å². The SMILES string of the molecule is CCOC(=O)N1CCN(c2ccc(C(=O)c3ccccc3)cc2[N+](=O)[O-])CC1. The summed E-state index contributed by atoms with van der Waals surface area (Å²) in [6.45, 7) is 3.79. The largest absolute Gasteiger partial charge is 0.450 e. The zero-order chi connectivity index (χ0) is 20.1. The summed E-state index contributed by atoms with van der Waals surface area (Å²) in [5.41, 5.74) is 1.07. The van der Waals surface area contributed by atoms with Gasteiger partial charge in [0.15, 0.2) is 5.78 Å². The van der Waals surface area contributed by atoms with Crippen molar-refractivity contribution in [3.05, 3.63) is 69.8 Å². The van der Waals surface area contributed by atoms with Crippen LogP contribution in [0.4, 0.5) is 16.2 Å². The molecular weight excluding hydrogens is 362 g/mol. The van der Waals surface area contributed by atoms with E-state index in [1.165, 1.54) is 6.07 Å². The molecule has 28 heavy (non-hydrogen) atoms. The second-order valence-corrected chi connectivity index (χ2v) is 6.33. The molecular formula is C20H21N3O5. The van der Waals surface area contributed by atoms with Crippen LogP contribution in [0, 0.1) is 10.1 Å². The quantitative estimate of drug-likeness (QED) is 0.447. The maximum atomic E-state index is 12.6. The molecule has 146 valence electrons.